The van der Waals surface area contributed by atoms with Gasteiger partial charge in [-0.05, 0) is 43.0 Å². The van der Waals surface area contributed by atoms with E-state index >= 15 is 0 Å². The van der Waals surface area contributed by atoms with Crippen molar-refractivity contribution in [2.45, 2.75) is 27.3 Å². The van der Waals surface area contributed by atoms with Crippen LogP contribution < -0.4 is 5.32 Å². The molecule has 0 aliphatic rings. The highest BCUT2D eigenvalue weighted by atomic mass is 16.2. The van der Waals surface area contributed by atoms with Gasteiger partial charge in [0.15, 0.2) is 0 Å². The van der Waals surface area contributed by atoms with E-state index in [0.717, 1.165) is 33.5 Å². The number of nitrogens with zero attached hydrogens (tertiary/aromatic N) is 1. The number of urea groups is 1. The van der Waals surface area contributed by atoms with Crippen LogP contribution in [0.1, 0.15) is 29.2 Å². The molecule has 3 rings (SSSR count). The molecule has 0 heterocycles. The smallest absolute Gasteiger partial charge is 0.316 e. The first kappa shape index (κ1) is 20.4. The summed E-state index contributed by atoms with van der Waals surface area (Å²) in [6, 6.07) is 26.2. The molecule has 0 aliphatic heterocycles. The number of carbonyl (C=O) groups is 1. The summed E-state index contributed by atoms with van der Waals surface area (Å²) >= 11 is 0. The van der Waals surface area contributed by atoms with Gasteiger partial charge < -0.3 is 10.2 Å². The number of carbonyl (C=O) groups excluding carboxylic acids is 1. The van der Waals surface area contributed by atoms with E-state index in [-0.39, 0.29) is 6.03 Å². The lowest BCUT2D eigenvalue weighted by molar-refractivity contribution is 0.214. The lowest BCUT2D eigenvalue weighted by Crippen LogP contribution is -2.36. The van der Waals surface area contributed by atoms with Crippen molar-refractivity contribution < 1.29 is 4.79 Å². The minimum absolute atomic E-state index is 0.0907. The van der Waals surface area contributed by atoms with Gasteiger partial charge in [0.25, 0.3) is 0 Å². The summed E-state index contributed by atoms with van der Waals surface area (Å²) in [6.45, 7) is 7.21. The maximum absolute atomic E-state index is 13.2. The monoisotopic (exact) mass is 384 g/mol. The van der Waals surface area contributed by atoms with Crippen LogP contribution in [-0.4, -0.2) is 17.5 Å². The highest BCUT2D eigenvalue weighted by Crippen LogP contribution is 2.21. The van der Waals surface area contributed by atoms with E-state index < -0.39 is 0 Å². The van der Waals surface area contributed by atoms with Gasteiger partial charge in [-0.15, -0.1) is 0 Å². The van der Waals surface area contributed by atoms with Crippen LogP contribution in [-0.2, 0) is 6.54 Å². The Morgan fingerprint density at radius 2 is 1.45 bits per heavy atom. The third kappa shape index (κ3) is 5.82. The van der Waals surface area contributed by atoms with Crippen molar-refractivity contribution in [1.82, 2.24) is 4.90 Å². The van der Waals surface area contributed by atoms with Crippen molar-refractivity contribution in [3.05, 3.63) is 107 Å². The van der Waals surface area contributed by atoms with Gasteiger partial charge >= 0.3 is 6.03 Å². The second-order valence-corrected chi connectivity index (χ2v) is 7.44. The van der Waals surface area contributed by atoms with Gasteiger partial charge in [-0.1, -0.05) is 90.5 Å². The molecule has 1 N–H and O–H groups in total. The summed E-state index contributed by atoms with van der Waals surface area (Å²) in [4.78, 5) is 15.1. The third-order valence-corrected chi connectivity index (χ3v) is 4.87. The summed E-state index contributed by atoms with van der Waals surface area (Å²) < 4.78 is 0. The van der Waals surface area contributed by atoms with Crippen molar-refractivity contribution in [2.24, 2.45) is 0 Å². The number of benzene rings is 3. The molecule has 3 aromatic carbocycles. The quantitative estimate of drug-likeness (QED) is 0.521. The fourth-order valence-electron chi connectivity index (χ4n) is 3.38. The van der Waals surface area contributed by atoms with Crippen LogP contribution >= 0.6 is 0 Å². The Hall–Kier alpha value is -3.33. The topological polar surface area (TPSA) is 32.3 Å². The second kappa shape index (κ2) is 9.74. The van der Waals surface area contributed by atoms with Crippen LogP contribution in [0.3, 0.4) is 0 Å². The molecule has 3 nitrogen and oxygen atoms in total. The van der Waals surface area contributed by atoms with E-state index in [4.69, 9.17) is 0 Å². The summed E-state index contributed by atoms with van der Waals surface area (Å²) in [6.07, 6.45) is 2.13. The lowest BCUT2D eigenvalue weighted by Gasteiger charge is -2.25. The Kier molecular flexibility index (Phi) is 6.85. The molecule has 0 saturated carbocycles. The molecule has 3 heteroatoms. The number of hydrogen-bond acceptors (Lipinski definition) is 1. The number of amides is 2. The van der Waals surface area contributed by atoms with Gasteiger partial charge in [0.1, 0.15) is 0 Å². The summed E-state index contributed by atoms with van der Waals surface area (Å²) in [5.74, 6) is 0. The number of hydrogen-bond donors (Lipinski definition) is 1. The average molecular weight is 385 g/mol. The van der Waals surface area contributed by atoms with Gasteiger partial charge in [-0.25, -0.2) is 4.79 Å². The highest BCUT2D eigenvalue weighted by molar-refractivity contribution is 5.91. The number of para-hydroxylation sites is 1. The maximum atomic E-state index is 13.2. The zero-order chi connectivity index (χ0) is 20.6. The SMILES string of the molecule is C/C(=C\c1ccccc1)CN(Cc1ccccc1)C(=O)Nc1c(C)cccc1C. The molecule has 0 radical (unpaired) electrons. The van der Waals surface area contributed by atoms with Crippen LogP contribution in [0, 0.1) is 13.8 Å². The number of aryl methyl sites for hydroxylation is 2. The fourth-order valence-corrected chi connectivity index (χ4v) is 3.38. The Morgan fingerprint density at radius 3 is 2.07 bits per heavy atom. The van der Waals surface area contributed by atoms with E-state index in [2.05, 4.69) is 42.6 Å². The summed E-state index contributed by atoms with van der Waals surface area (Å²) in [7, 11) is 0. The molecule has 3 aromatic rings. The molecule has 0 aromatic heterocycles. The predicted octanol–water partition coefficient (Wildman–Crippen LogP) is 6.44. The molecule has 0 saturated heterocycles. The largest absolute Gasteiger partial charge is 0.322 e. The fraction of sp³-hybridized carbons (Fsp3) is 0.192. The summed E-state index contributed by atoms with van der Waals surface area (Å²) in [5.41, 5.74) is 6.39. The zero-order valence-corrected chi connectivity index (χ0v) is 17.4. The van der Waals surface area contributed by atoms with E-state index in [1.165, 1.54) is 0 Å². The average Bonchev–Trinajstić information content (AvgIpc) is 2.72. The maximum Gasteiger partial charge on any atom is 0.322 e. The van der Waals surface area contributed by atoms with Crippen molar-refractivity contribution in [1.29, 1.82) is 0 Å². The third-order valence-electron chi connectivity index (χ3n) is 4.87. The number of anilines is 1. The number of nitrogens with one attached hydrogen (secondary N) is 1. The van der Waals surface area contributed by atoms with E-state index in [1.54, 1.807) is 0 Å². The minimum Gasteiger partial charge on any atom is -0.316 e. The Labute approximate surface area is 173 Å². The van der Waals surface area contributed by atoms with Crippen molar-refractivity contribution >= 4 is 17.8 Å². The first-order valence-corrected chi connectivity index (χ1v) is 9.91. The molecule has 0 aliphatic carbocycles. The van der Waals surface area contributed by atoms with Crippen LogP contribution in [0.25, 0.3) is 6.08 Å². The van der Waals surface area contributed by atoms with E-state index in [0.29, 0.717) is 13.1 Å². The molecule has 0 atom stereocenters. The zero-order valence-electron chi connectivity index (χ0n) is 17.4. The molecule has 0 unspecified atom stereocenters. The van der Waals surface area contributed by atoms with E-state index in [1.807, 2.05) is 73.3 Å². The van der Waals surface area contributed by atoms with Crippen molar-refractivity contribution in [2.75, 3.05) is 11.9 Å². The van der Waals surface area contributed by atoms with Gasteiger partial charge in [-0.3, -0.25) is 0 Å². The molecular weight excluding hydrogens is 356 g/mol. The van der Waals surface area contributed by atoms with Crippen molar-refractivity contribution in [3.8, 4) is 0 Å². The van der Waals surface area contributed by atoms with Crippen LogP contribution in [0.2, 0.25) is 0 Å². The normalized spacial score (nSPS) is 11.2. The first-order chi connectivity index (χ1) is 14.0. The van der Waals surface area contributed by atoms with Crippen LogP contribution in [0.15, 0.2) is 84.4 Å². The molecule has 29 heavy (non-hydrogen) atoms. The molecule has 0 spiro atoms. The Morgan fingerprint density at radius 1 is 0.862 bits per heavy atom. The molecule has 2 amide bonds. The first-order valence-electron chi connectivity index (χ1n) is 9.91. The van der Waals surface area contributed by atoms with Crippen LogP contribution in [0.4, 0.5) is 10.5 Å². The van der Waals surface area contributed by atoms with Gasteiger partial charge in [0.05, 0.1) is 0 Å². The predicted molar refractivity (Wildman–Crippen MR) is 122 cm³/mol. The van der Waals surface area contributed by atoms with Gasteiger partial charge in [-0.2, -0.15) is 0 Å². The van der Waals surface area contributed by atoms with Gasteiger partial charge in [0.2, 0.25) is 0 Å². The number of rotatable bonds is 6. The van der Waals surface area contributed by atoms with Crippen LogP contribution in [0.5, 0.6) is 0 Å². The molecule has 148 valence electrons. The lowest BCUT2D eigenvalue weighted by atomic mass is 10.1. The second-order valence-electron chi connectivity index (χ2n) is 7.44. The summed E-state index contributed by atoms with van der Waals surface area (Å²) in [5, 5.41) is 3.13. The molecule has 0 fully saturated rings. The standard InChI is InChI=1S/C26H28N2O/c1-20(17-23-13-6-4-7-14-23)18-28(19-24-15-8-5-9-16-24)26(29)27-25-21(2)11-10-12-22(25)3/h4-17H,18-19H2,1-3H3,(H,27,29)/b20-17+. The van der Waals surface area contributed by atoms with Gasteiger partial charge in [0, 0.05) is 18.8 Å². The Balaban J connectivity index is 1.82. The van der Waals surface area contributed by atoms with Crippen molar-refractivity contribution in [3.63, 3.8) is 0 Å². The molecule has 0 bridgehead atoms. The van der Waals surface area contributed by atoms with E-state index in [9.17, 15) is 4.79 Å². The molecular formula is C26H28N2O. The highest BCUT2D eigenvalue weighted by Gasteiger charge is 2.16. The Bertz CT molecular complexity index is 958. The minimum atomic E-state index is -0.0907.